The highest BCUT2D eigenvalue weighted by Gasteiger charge is 2.50. The summed E-state index contributed by atoms with van der Waals surface area (Å²) in [6.07, 6.45) is 7.05. The number of unbranched alkanes of at least 4 members (excludes halogenated alkanes) is 2. The normalized spacial score (nSPS) is 20.2. The molecule has 0 saturated heterocycles. The molecule has 0 bridgehead atoms. The van der Waals surface area contributed by atoms with Gasteiger partial charge in [-0.1, -0.05) is 48.5 Å². The van der Waals surface area contributed by atoms with Crippen molar-refractivity contribution in [3.8, 4) is 0 Å². The summed E-state index contributed by atoms with van der Waals surface area (Å²) in [5.41, 5.74) is -0.224. The first-order valence-corrected chi connectivity index (χ1v) is 8.13. The third-order valence-corrected chi connectivity index (χ3v) is 4.42. The van der Waals surface area contributed by atoms with E-state index in [9.17, 15) is 5.11 Å². The summed E-state index contributed by atoms with van der Waals surface area (Å²) < 4.78 is 2.00. The monoisotopic (exact) mass is 318 g/mol. The Morgan fingerprint density at radius 3 is 2.82 bits per heavy atom. The van der Waals surface area contributed by atoms with Gasteiger partial charge in [0, 0.05) is 16.7 Å². The summed E-state index contributed by atoms with van der Waals surface area (Å²) in [4.78, 5) is 6.47. The van der Waals surface area contributed by atoms with Crippen molar-refractivity contribution in [2.45, 2.75) is 38.5 Å². The predicted molar refractivity (Wildman–Crippen MR) is 86.7 cm³/mol. The molecule has 22 heavy (non-hydrogen) atoms. The van der Waals surface area contributed by atoms with Gasteiger partial charge in [-0.25, -0.2) is 9.47 Å². The summed E-state index contributed by atoms with van der Waals surface area (Å²) in [6, 6.07) is 9.31. The number of hydrogen-bond donors (Lipinski definition) is 1. The van der Waals surface area contributed by atoms with Crippen LogP contribution < -0.4 is 9.47 Å². The highest BCUT2D eigenvalue weighted by atomic mass is 35.5. The maximum Gasteiger partial charge on any atom is 0.396 e. The fourth-order valence-electron chi connectivity index (χ4n) is 3.00. The SMILES string of the molecule is CCCCCN1c2nccc[n+]2C[C@@]1(O)c1ccc(Cl)cc1. The number of benzene rings is 1. The first-order valence-electron chi connectivity index (χ1n) is 7.75. The highest BCUT2D eigenvalue weighted by molar-refractivity contribution is 6.30. The van der Waals surface area contributed by atoms with Gasteiger partial charge in [0.1, 0.15) is 12.7 Å². The van der Waals surface area contributed by atoms with Crippen molar-refractivity contribution in [3.63, 3.8) is 0 Å². The fraction of sp³-hybridized carbons (Fsp3) is 0.412. The van der Waals surface area contributed by atoms with E-state index in [4.69, 9.17) is 11.6 Å². The van der Waals surface area contributed by atoms with Gasteiger partial charge in [-0.3, -0.25) is 0 Å². The molecule has 0 aliphatic carbocycles. The van der Waals surface area contributed by atoms with Gasteiger partial charge in [0.2, 0.25) is 5.72 Å². The summed E-state index contributed by atoms with van der Waals surface area (Å²) in [6.45, 7) is 3.43. The number of fused-ring (bicyclic) bond motifs is 1. The van der Waals surface area contributed by atoms with Crippen LogP contribution in [0.25, 0.3) is 0 Å². The van der Waals surface area contributed by atoms with Crippen LogP contribution in [-0.2, 0) is 12.3 Å². The van der Waals surface area contributed by atoms with E-state index in [0.717, 1.165) is 37.3 Å². The van der Waals surface area contributed by atoms with Gasteiger partial charge >= 0.3 is 5.95 Å². The quantitative estimate of drug-likeness (QED) is 0.680. The zero-order chi connectivity index (χ0) is 15.6. The highest BCUT2D eigenvalue weighted by Crippen LogP contribution is 2.34. The van der Waals surface area contributed by atoms with Gasteiger partial charge in [-0.05, 0) is 18.6 Å². The fourth-order valence-corrected chi connectivity index (χ4v) is 3.12. The maximum atomic E-state index is 11.4. The number of aromatic nitrogens is 2. The second kappa shape index (κ2) is 6.23. The van der Waals surface area contributed by atoms with Gasteiger partial charge in [0.25, 0.3) is 0 Å². The van der Waals surface area contributed by atoms with E-state index in [2.05, 4.69) is 11.9 Å². The molecule has 0 fully saturated rings. The van der Waals surface area contributed by atoms with Crippen LogP contribution in [0.3, 0.4) is 0 Å². The maximum absolute atomic E-state index is 11.4. The topological polar surface area (TPSA) is 40.2 Å². The number of rotatable bonds is 5. The Kier molecular flexibility index (Phi) is 4.32. The molecule has 3 rings (SSSR count). The second-order valence-corrected chi connectivity index (χ2v) is 6.17. The molecule has 1 aromatic heterocycles. The summed E-state index contributed by atoms with van der Waals surface area (Å²) >= 11 is 5.98. The Bertz CT molecular complexity index is 647. The van der Waals surface area contributed by atoms with E-state index in [-0.39, 0.29) is 0 Å². The lowest BCUT2D eigenvalue weighted by Crippen LogP contribution is -2.46. The molecule has 0 saturated carbocycles. The molecule has 0 amide bonds. The average molecular weight is 319 g/mol. The van der Waals surface area contributed by atoms with E-state index >= 15 is 0 Å². The van der Waals surface area contributed by atoms with Crippen molar-refractivity contribution in [1.29, 1.82) is 0 Å². The van der Waals surface area contributed by atoms with Crippen LogP contribution in [0.15, 0.2) is 42.7 Å². The lowest BCUT2D eigenvalue weighted by Gasteiger charge is -2.28. The van der Waals surface area contributed by atoms with Crippen LogP contribution in [0.5, 0.6) is 0 Å². The number of anilines is 1. The Labute approximate surface area is 136 Å². The Hall–Kier alpha value is -1.65. The second-order valence-electron chi connectivity index (χ2n) is 5.73. The lowest BCUT2D eigenvalue weighted by molar-refractivity contribution is -0.685. The molecule has 5 heteroatoms. The molecule has 4 nitrogen and oxygen atoms in total. The van der Waals surface area contributed by atoms with Gasteiger partial charge in [-0.15, -0.1) is 0 Å². The summed E-state index contributed by atoms with van der Waals surface area (Å²) in [5.74, 6) is 0.816. The third kappa shape index (κ3) is 2.69. The zero-order valence-corrected chi connectivity index (χ0v) is 13.5. The molecule has 1 aromatic carbocycles. The molecule has 0 radical (unpaired) electrons. The van der Waals surface area contributed by atoms with Crippen molar-refractivity contribution in [1.82, 2.24) is 4.98 Å². The van der Waals surface area contributed by atoms with Gasteiger partial charge in [0.05, 0.1) is 12.7 Å². The predicted octanol–water partition coefficient (Wildman–Crippen LogP) is 2.88. The standard InChI is InChI=1S/C17H21ClN3O/c1-2-3-4-12-21-16-19-10-5-11-20(16)13-17(21,22)14-6-8-15(18)9-7-14/h5-11,22H,2-4,12-13H2,1H3/q+1/t17-/m1/s1. The summed E-state index contributed by atoms with van der Waals surface area (Å²) in [7, 11) is 0. The van der Waals surface area contributed by atoms with Crippen molar-refractivity contribution in [2.24, 2.45) is 0 Å². The van der Waals surface area contributed by atoms with Crippen LogP contribution in [0.2, 0.25) is 5.02 Å². The Morgan fingerprint density at radius 2 is 2.09 bits per heavy atom. The molecule has 2 aromatic rings. The average Bonchev–Trinajstić information content (AvgIpc) is 2.81. The summed E-state index contributed by atoms with van der Waals surface area (Å²) in [5, 5.41) is 12.0. The van der Waals surface area contributed by atoms with Crippen LogP contribution in [0, 0.1) is 0 Å². The minimum Gasteiger partial charge on any atom is -0.353 e. The first kappa shape index (κ1) is 15.3. The molecule has 1 N–H and O–H groups in total. The van der Waals surface area contributed by atoms with Crippen LogP contribution in [-0.4, -0.2) is 16.6 Å². The largest absolute Gasteiger partial charge is 0.396 e. The van der Waals surface area contributed by atoms with Crippen LogP contribution in [0.1, 0.15) is 31.7 Å². The minimum atomic E-state index is -1.07. The zero-order valence-electron chi connectivity index (χ0n) is 12.7. The van der Waals surface area contributed by atoms with E-state index in [1.165, 1.54) is 0 Å². The number of aliphatic hydroxyl groups is 1. The molecule has 0 spiro atoms. The molecular weight excluding hydrogens is 298 g/mol. The van der Waals surface area contributed by atoms with Crippen molar-refractivity contribution >= 4 is 17.5 Å². The molecule has 1 aliphatic rings. The van der Waals surface area contributed by atoms with Crippen molar-refractivity contribution < 1.29 is 9.67 Å². The van der Waals surface area contributed by atoms with Gasteiger partial charge in [-0.2, -0.15) is 0 Å². The molecule has 116 valence electrons. The van der Waals surface area contributed by atoms with Crippen LogP contribution in [0.4, 0.5) is 5.95 Å². The van der Waals surface area contributed by atoms with E-state index in [1.54, 1.807) is 6.20 Å². The van der Waals surface area contributed by atoms with Crippen LogP contribution >= 0.6 is 11.6 Å². The Balaban J connectivity index is 1.96. The molecule has 0 unspecified atom stereocenters. The van der Waals surface area contributed by atoms with Crippen molar-refractivity contribution in [3.05, 3.63) is 53.3 Å². The van der Waals surface area contributed by atoms with Gasteiger partial charge in [0.15, 0.2) is 0 Å². The molecule has 1 atom stereocenters. The van der Waals surface area contributed by atoms with Gasteiger partial charge < -0.3 is 5.11 Å². The molecular formula is C17H21ClN3O+. The smallest absolute Gasteiger partial charge is 0.353 e. The molecule has 2 heterocycles. The lowest BCUT2D eigenvalue weighted by atomic mass is 10.0. The van der Waals surface area contributed by atoms with Crippen molar-refractivity contribution in [2.75, 3.05) is 11.4 Å². The minimum absolute atomic E-state index is 0.476. The third-order valence-electron chi connectivity index (χ3n) is 4.17. The number of halogens is 1. The number of nitrogens with zero attached hydrogens (tertiary/aromatic N) is 3. The van der Waals surface area contributed by atoms with E-state index in [1.807, 2.05) is 46.0 Å². The molecule has 1 aliphatic heterocycles. The van der Waals surface area contributed by atoms with E-state index in [0.29, 0.717) is 11.6 Å². The Morgan fingerprint density at radius 1 is 1.32 bits per heavy atom. The number of hydrogen-bond acceptors (Lipinski definition) is 3. The van der Waals surface area contributed by atoms with E-state index < -0.39 is 5.72 Å². The first-order chi connectivity index (χ1) is 10.6.